The quantitative estimate of drug-likeness (QED) is 0.497. The highest BCUT2D eigenvalue weighted by Crippen LogP contribution is 2.40. The largest absolute Gasteiger partial charge is 0.346 e. The van der Waals surface area contributed by atoms with Crippen molar-refractivity contribution in [1.82, 2.24) is 0 Å². The van der Waals surface area contributed by atoms with Gasteiger partial charge >= 0.3 is 11.8 Å². The Balaban J connectivity index is 4.85. The van der Waals surface area contributed by atoms with Crippen molar-refractivity contribution in [3.05, 3.63) is 12.7 Å². The SMILES string of the molecule is C=CC(F)C(F)C(F)(F)C(F)(F)CF. The number of alkyl halides is 7. The Morgan fingerprint density at radius 3 is 1.86 bits per heavy atom. The van der Waals surface area contributed by atoms with E-state index < -0.39 is 30.9 Å². The number of halogens is 7. The molecule has 0 radical (unpaired) electrons. The summed E-state index contributed by atoms with van der Waals surface area (Å²) < 4.78 is 85.1. The molecule has 7 heteroatoms. The van der Waals surface area contributed by atoms with Crippen molar-refractivity contribution in [1.29, 1.82) is 0 Å². The van der Waals surface area contributed by atoms with Gasteiger partial charge in [-0.2, -0.15) is 17.6 Å². The second kappa shape index (κ2) is 4.18. The molecule has 0 N–H and O–H groups in total. The van der Waals surface area contributed by atoms with Gasteiger partial charge in [-0.3, -0.25) is 0 Å². The summed E-state index contributed by atoms with van der Waals surface area (Å²) in [6.07, 6.45) is -6.68. The molecule has 0 heterocycles. The number of allylic oxidation sites excluding steroid dienone is 1. The van der Waals surface area contributed by atoms with Crippen LogP contribution in [0.4, 0.5) is 30.7 Å². The molecule has 0 spiro atoms. The zero-order chi connectivity index (χ0) is 11.6. The molecule has 14 heavy (non-hydrogen) atoms. The first-order valence-corrected chi connectivity index (χ1v) is 3.43. The Labute approximate surface area is 75.4 Å². The molecule has 0 aromatic carbocycles. The summed E-state index contributed by atoms with van der Waals surface area (Å²) in [5.74, 6) is -10.6. The van der Waals surface area contributed by atoms with Gasteiger partial charge in [0.1, 0.15) is 0 Å². The zero-order valence-electron chi connectivity index (χ0n) is 6.79. The minimum Gasteiger partial charge on any atom is -0.244 e. The van der Waals surface area contributed by atoms with Gasteiger partial charge in [0.15, 0.2) is 12.8 Å². The molecule has 0 aliphatic heterocycles. The maximum atomic E-state index is 12.4. The Hall–Kier alpha value is -0.750. The Morgan fingerprint density at radius 2 is 1.57 bits per heavy atom. The predicted octanol–water partition coefficient (Wildman–Crippen LogP) is 3.09. The highest BCUT2D eigenvalue weighted by Gasteiger charge is 2.63. The topological polar surface area (TPSA) is 0 Å². The second-order valence-electron chi connectivity index (χ2n) is 2.54. The Kier molecular flexibility index (Phi) is 3.96. The summed E-state index contributed by atoms with van der Waals surface area (Å²) in [4.78, 5) is 0. The van der Waals surface area contributed by atoms with Gasteiger partial charge < -0.3 is 0 Å². The van der Waals surface area contributed by atoms with E-state index in [0.29, 0.717) is 0 Å². The van der Waals surface area contributed by atoms with E-state index in [0.717, 1.165) is 0 Å². The minimum absolute atomic E-state index is 0.104. The fourth-order valence-electron chi connectivity index (χ4n) is 0.610. The van der Waals surface area contributed by atoms with Crippen molar-refractivity contribution >= 4 is 0 Å². The summed E-state index contributed by atoms with van der Waals surface area (Å²) in [5, 5.41) is 0. The van der Waals surface area contributed by atoms with Crippen LogP contribution < -0.4 is 0 Å². The van der Waals surface area contributed by atoms with E-state index in [-0.39, 0.29) is 6.08 Å². The summed E-state index contributed by atoms with van der Waals surface area (Å²) in [6.45, 7) is -0.144. The van der Waals surface area contributed by atoms with Gasteiger partial charge in [-0.25, -0.2) is 13.2 Å². The third-order valence-electron chi connectivity index (χ3n) is 1.51. The van der Waals surface area contributed by atoms with Gasteiger partial charge in [0.25, 0.3) is 0 Å². The van der Waals surface area contributed by atoms with E-state index in [1.807, 2.05) is 0 Å². The molecule has 84 valence electrons. The lowest BCUT2D eigenvalue weighted by molar-refractivity contribution is -0.250. The molecular formula is C7H7F7. The molecule has 0 aromatic heterocycles. The highest BCUT2D eigenvalue weighted by atomic mass is 19.3. The molecule has 0 aliphatic rings. The number of hydrogen-bond donors (Lipinski definition) is 0. The second-order valence-corrected chi connectivity index (χ2v) is 2.54. The van der Waals surface area contributed by atoms with Crippen LogP contribution in [0.25, 0.3) is 0 Å². The van der Waals surface area contributed by atoms with Crippen LogP contribution in [0.3, 0.4) is 0 Å². The first-order chi connectivity index (χ1) is 6.20. The summed E-state index contributed by atoms with van der Waals surface area (Å²) in [7, 11) is 0. The van der Waals surface area contributed by atoms with E-state index in [4.69, 9.17) is 0 Å². The third-order valence-corrected chi connectivity index (χ3v) is 1.51. The molecule has 0 nitrogen and oxygen atoms in total. The van der Waals surface area contributed by atoms with Gasteiger partial charge in [0.05, 0.1) is 0 Å². The van der Waals surface area contributed by atoms with Crippen LogP contribution in [0.1, 0.15) is 0 Å². The number of rotatable bonds is 5. The normalized spacial score (nSPS) is 17.6. The summed E-state index contributed by atoms with van der Waals surface area (Å²) in [5.41, 5.74) is 0. The maximum Gasteiger partial charge on any atom is 0.346 e. The van der Waals surface area contributed by atoms with Crippen molar-refractivity contribution in [2.45, 2.75) is 24.2 Å². The Morgan fingerprint density at radius 1 is 1.14 bits per heavy atom. The molecule has 0 bridgehead atoms. The number of hydrogen-bond acceptors (Lipinski definition) is 0. The lowest BCUT2D eigenvalue weighted by atomic mass is 10.0. The van der Waals surface area contributed by atoms with E-state index in [9.17, 15) is 30.7 Å². The molecule has 0 amide bonds. The van der Waals surface area contributed by atoms with E-state index in [1.54, 1.807) is 0 Å². The molecule has 0 saturated carbocycles. The van der Waals surface area contributed by atoms with Crippen molar-refractivity contribution in [2.75, 3.05) is 6.67 Å². The molecular weight excluding hydrogens is 217 g/mol. The van der Waals surface area contributed by atoms with Gasteiger partial charge in [-0.15, -0.1) is 6.58 Å². The average molecular weight is 224 g/mol. The van der Waals surface area contributed by atoms with E-state index in [1.165, 1.54) is 0 Å². The van der Waals surface area contributed by atoms with Crippen LogP contribution in [0.15, 0.2) is 12.7 Å². The molecule has 0 rings (SSSR count). The van der Waals surface area contributed by atoms with Crippen LogP contribution in [-0.2, 0) is 0 Å². The molecule has 2 atom stereocenters. The van der Waals surface area contributed by atoms with Crippen LogP contribution in [0, 0.1) is 0 Å². The van der Waals surface area contributed by atoms with Crippen molar-refractivity contribution in [2.24, 2.45) is 0 Å². The van der Waals surface area contributed by atoms with Gasteiger partial charge in [-0.05, 0) is 0 Å². The lowest BCUT2D eigenvalue weighted by Crippen LogP contribution is -2.52. The average Bonchev–Trinajstić information content (AvgIpc) is 2.14. The summed E-state index contributed by atoms with van der Waals surface area (Å²) >= 11 is 0. The Bertz CT molecular complexity index is 200. The standard InChI is InChI=1S/C7H7F7/c1-2-4(9)5(10)7(13,14)6(11,12)3-8/h2,4-5H,1,3H2. The smallest absolute Gasteiger partial charge is 0.244 e. The van der Waals surface area contributed by atoms with E-state index in [2.05, 4.69) is 6.58 Å². The van der Waals surface area contributed by atoms with Crippen LogP contribution >= 0.6 is 0 Å². The molecule has 2 unspecified atom stereocenters. The summed E-state index contributed by atoms with van der Waals surface area (Å²) in [6, 6.07) is 0. The first kappa shape index (κ1) is 13.2. The third kappa shape index (κ3) is 2.19. The van der Waals surface area contributed by atoms with Crippen molar-refractivity contribution in [3.63, 3.8) is 0 Å². The molecule has 0 fully saturated rings. The van der Waals surface area contributed by atoms with Crippen LogP contribution in [0.5, 0.6) is 0 Å². The maximum absolute atomic E-state index is 12.4. The van der Waals surface area contributed by atoms with Gasteiger partial charge in [0, 0.05) is 0 Å². The van der Waals surface area contributed by atoms with E-state index >= 15 is 0 Å². The molecule has 0 saturated heterocycles. The van der Waals surface area contributed by atoms with Gasteiger partial charge in [-0.1, -0.05) is 6.08 Å². The van der Waals surface area contributed by atoms with Crippen LogP contribution in [0.2, 0.25) is 0 Å². The zero-order valence-corrected chi connectivity index (χ0v) is 6.79. The predicted molar refractivity (Wildman–Crippen MR) is 35.9 cm³/mol. The van der Waals surface area contributed by atoms with Gasteiger partial charge in [0.2, 0.25) is 6.17 Å². The van der Waals surface area contributed by atoms with Crippen molar-refractivity contribution < 1.29 is 30.7 Å². The van der Waals surface area contributed by atoms with Crippen molar-refractivity contribution in [3.8, 4) is 0 Å². The minimum atomic E-state index is -5.39. The molecule has 0 aliphatic carbocycles. The van der Waals surface area contributed by atoms with Crippen LogP contribution in [-0.4, -0.2) is 30.9 Å². The lowest BCUT2D eigenvalue weighted by Gasteiger charge is -2.27. The molecule has 0 aromatic rings. The fourth-order valence-corrected chi connectivity index (χ4v) is 0.610. The first-order valence-electron chi connectivity index (χ1n) is 3.43. The highest BCUT2D eigenvalue weighted by molar-refractivity contribution is 4.99. The fraction of sp³-hybridized carbons (Fsp3) is 0.714. The monoisotopic (exact) mass is 224 g/mol.